The Morgan fingerprint density at radius 2 is 1.94 bits per heavy atom. The van der Waals surface area contributed by atoms with Crippen LogP contribution in [0.15, 0.2) is 40.9 Å². The van der Waals surface area contributed by atoms with Crippen LogP contribution >= 0.6 is 38.5 Å². The van der Waals surface area contributed by atoms with Crippen molar-refractivity contribution in [1.82, 2.24) is 0 Å². The van der Waals surface area contributed by atoms with E-state index in [9.17, 15) is 4.39 Å². The van der Waals surface area contributed by atoms with Gasteiger partial charge in [-0.25, -0.2) is 4.39 Å². The van der Waals surface area contributed by atoms with Crippen molar-refractivity contribution in [1.29, 1.82) is 0 Å². The highest BCUT2D eigenvalue weighted by atomic mass is 127. The van der Waals surface area contributed by atoms with Gasteiger partial charge in [-0.05, 0) is 74.9 Å². The van der Waals surface area contributed by atoms with Crippen molar-refractivity contribution >= 4 is 55.6 Å². The average molecular weight is 407 g/mol. The van der Waals surface area contributed by atoms with E-state index in [2.05, 4.69) is 43.8 Å². The predicted octanol–water partition coefficient (Wildman–Crippen LogP) is 4.52. The fourth-order valence-corrected chi connectivity index (χ4v) is 2.42. The van der Waals surface area contributed by atoms with Crippen LogP contribution in [0.3, 0.4) is 0 Å². The zero-order valence-electron chi connectivity index (χ0n) is 8.68. The molecular formula is C12H9BrFIN2. The van der Waals surface area contributed by atoms with Crippen LogP contribution in [-0.4, -0.2) is 0 Å². The second-order valence-corrected chi connectivity index (χ2v) is 5.51. The fraction of sp³-hybridized carbons (Fsp3) is 0. The van der Waals surface area contributed by atoms with Crippen molar-refractivity contribution < 1.29 is 4.39 Å². The Morgan fingerprint density at radius 1 is 1.18 bits per heavy atom. The molecule has 17 heavy (non-hydrogen) atoms. The lowest BCUT2D eigenvalue weighted by molar-refractivity contribution is 0.621. The van der Waals surface area contributed by atoms with Crippen molar-refractivity contribution in [3.05, 3.63) is 50.3 Å². The van der Waals surface area contributed by atoms with Crippen LogP contribution in [0.4, 0.5) is 21.5 Å². The maximum absolute atomic E-state index is 13.1. The van der Waals surface area contributed by atoms with Gasteiger partial charge in [0.1, 0.15) is 5.82 Å². The highest BCUT2D eigenvalue weighted by Gasteiger charge is 2.03. The first-order valence-corrected chi connectivity index (χ1v) is 6.70. The van der Waals surface area contributed by atoms with E-state index in [-0.39, 0.29) is 5.82 Å². The average Bonchev–Trinajstić information content (AvgIpc) is 2.27. The number of rotatable bonds is 2. The Bertz CT molecular complexity index is 560. The quantitative estimate of drug-likeness (QED) is 0.568. The topological polar surface area (TPSA) is 38.0 Å². The molecule has 0 heterocycles. The third-order valence-electron chi connectivity index (χ3n) is 2.19. The summed E-state index contributed by atoms with van der Waals surface area (Å²) >= 11 is 5.35. The second-order valence-electron chi connectivity index (χ2n) is 3.49. The van der Waals surface area contributed by atoms with Gasteiger partial charge in [0.05, 0.1) is 10.2 Å². The van der Waals surface area contributed by atoms with Crippen molar-refractivity contribution in [3.63, 3.8) is 0 Å². The molecule has 0 amide bonds. The number of nitrogens with one attached hydrogen (secondary N) is 1. The summed E-state index contributed by atoms with van der Waals surface area (Å²) in [5.41, 5.74) is 8.16. The molecule has 0 fully saturated rings. The lowest BCUT2D eigenvalue weighted by atomic mass is 10.2. The van der Waals surface area contributed by atoms with Crippen LogP contribution in [0.1, 0.15) is 0 Å². The Morgan fingerprint density at radius 3 is 2.59 bits per heavy atom. The third kappa shape index (κ3) is 3.10. The van der Waals surface area contributed by atoms with E-state index in [1.807, 2.05) is 18.2 Å². The minimum absolute atomic E-state index is 0.275. The first-order chi connectivity index (χ1) is 8.06. The van der Waals surface area contributed by atoms with E-state index in [0.717, 1.165) is 20.6 Å². The smallest absolute Gasteiger partial charge is 0.137 e. The fourth-order valence-electron chi connectivity index (χ4n) is 1.36. The van der Waals surface area contributed by atoms with Crippen LogP contribution in [-0.2, 0) is 0 Å². The molecule has 0 radical (unpaired) electrons. The summed E-state index contributed by atoms with van der Waals surface area (Å²) in [5.74, 6) is -0.275. The maximum Gasteiger partial charge on any atom is 0.137 e. The molecule has 0 aromatic heterocycles. The lowest BCUT2D eigenvalue weighted by Gasteiger charge is -2.09. The molecule has 0 aliphatic rings. The Labute approximate surface area is 121 Å². The minimum Gasteiger partial charge on any atom is -0.399 e. The predicted molar refractivity (Wildman–Crippen MR) is 81.0 cm³/mol. The number of benzene rings is 2. The zero-order valence-corrected chi connectivity index (χ0v) is 12.4. The molecule has 0 spiro atoms. The molecule has 2 nitrogen and oxygen atoms in total. The molecule has 3 N–H and O–H groups in total. The molecule has 0 aliphatic carbocycles. The summed E-state index contributed by atoms with van der Waals surface area (Å²) in [6, 6.07) is 10.4. The van der Waals surface area contributed by atoms with E-state index in [1.165, 1.54) is 6.07 Å². The summed E-state index contributed by atoms with van der Waals surface area (Å²) in [5, 5.41) is 3.21. The zero-order chi connectivity index (χ0) is 12.4. The molecule has 2 aromatic carbocycles. The number of hydrogen-bond donors (Lipinski definition) is 2. The Hall–Kier alpha value is -0.820. The Balaban J connectivity index is 2.28. The van der Waals surface area contributed by atoms with Gasteiger partial charge in [-0.1, -0.05) is 0 Å². The molecular weight excluding hydrogens is 398 g/mol. The van der Waals surface area contributed by atoms with Crippen molar-refractivity contribution in [2.24, 2.45) is 0 Å². The monoisotopic (exact) mass is 406 g/mol. The van der Waals surface area contributed by atoms with Crippen LogP contribution < -0.4 is 11.1 Å². The van der Waals surface area contributed by atoms with E-state index >= 15 is 0 Å². The number of halogens is 3. The van der Waals surface area contributed by atoms with Gasteiger partial charge < -0.3 is 11.1 Å². The standard InChI is InChI=1S/C12H9BrFIN2/c13-9-6-8(2-3-10(9)14)17-12-4-1-7(16)5-11(12)15/h1-6,17H,16H2. The van der Waals surface area contributed by atoms with Gasteiger partial charge in [0, 0.05) is 14.9 Å². The summed E-state index contributed by atoms with van der Waals surface area (Å²) in [4.78, 5) is 0. The first kappa shape index (κ1) is 12.6. The molecule has 5 heteroatoms. The van der Waals surface area contributed by atoms with Gasteiger partial charge in [0.2, 0.25) is 0 Å². The van der Waals surface area contributed by atoms with Crippen molar-refractivity contribution in [2.45, 2.75) is 0 Å². The Kier molecular flexibility index (Phi) is 3.88. The van der Waals surface area contributed by atoms with Gasteiger partial charge in [0.15, 0.2) is 0 Å². The first-order valence-electron chi connectivity index (χ1n) is 4.83. The summed E-state index contributed by atoms with van der Waals surface area (Å²) in [6.45, 7) is 0. The largest absolute Gasteiger partial charge is 0.399 e. The molecule has 0 atom stereocenters. The van der Waals surface area contributed by atoms with E-state index in [1.54, 1.807) is 12.1 Å². The van der Waals surface area contributed by atoms with Gasteiger partial charge >= 0.3 is 0 Å². The maximum atomic E-state index is 13.1. The van der Waals surface area contributed by atoms with Gasteiger partial charge in [-0.3, -0.25) is 0 Å². The van der Waals surface area contributed by atoms with Gasteiger partial charge in [-0.15, -0.1) is 0 Å². The second kappa shape index (κ2) is 5.22. The molecule has 0 bridgehead atoms. The van der Waals surface area contributed by atoms with Crippen molar-refractivity contribution in [2.75, 3.05) is 11.1 Å². The van der Waals surface area contributed by atoms with Crippen molar-refractivity contribution in [3.8, 4) is 0 Å². The summed E-state index contributed by atoms with van der Waals surface area (Å²) < 4.78 is 14.5. The van der Waals surface area contributed by atoms with Gasteiger partial charge in [-0.2, -0.15) is 0 Å². The SMILES string of the molecule is Nc1ccc(Nc2ccc(F)c(Br)c2)c(I)c1. The summed E-state index contributed by atoms with van der Waals surface area (Å²) in [6.07, 6.45) is 0. The highest BCUT2D eigenvalue weighted by Crippen LogP contribution is 2.27. The van der Waals surface area contributed by atoms with Crippen LogP contribution in [0.5, 0.6) is 0 Å². The van der Waals surface area contributed by atoms with Crippen LogP contribution in [0.25, 0.3) is 0 Å². The molecule has 88 valence electrons. The normalized spacial score (nSPS) is 10.3. The minimum atomic E-state index is -0.275. The third-order valence-corrected chi connectivity index (χ3v) is 3.69. The van der Waals surface area contributed by atoms with Gasteiger partial charge in [0.25, 0.3) is 0 Å². The van der Waals surface area contributed by atoms with Crippen LogP contribution in [0, 0.1) is 9.39 Å². The molecule has 0 saturated carbocycles. The lowest BCUT2D eigenvalue weighted by Crippen LogP contribution is -1.95. The molecule has 0 aliphatic heterocycles. The highest BCUT2D eigenvalue weighted by molar-refractivity contribution is 14.1. The molecule has 2 aromatic rings. The molecule has 2 rings (SSSR count). The number of nitrogen functional groups attached to an aromatic ring is 1. The van der Waals surface area contributed by atoms with Crippen LogP contribution in [0.2, 0.25) is 0 Å². The summed E-state index contributed by atoms with van der Waals surface area (Å²) in [7, 11) is 0. The number of anilines is 3. The number of nitrogens with two attached hydrogens (primary N) is 1. The molecule has 0 saturated heterocycles. The van der Waals surface area contributed by atoms with E-state index in [0.29, 0.717) is 4.47 Å². The van der Waals surface area contributed by atoms with E-state index in [4.69, 9.17) is 5.73 Å². The van der Waals surface area contributed by atoms with E-state index < -0.39 is 0 Å². The number of hydrogen-bond acceptors (Lipinski definition) is 2. The molecule has 0 unspecified atom stereocenters.